The highest BCUT2D eigenvalue weighted by molar-refractivity contribution is 7.98. The van der Waals surface area contributed by atoms with Crippen molar-refractivity contribution in [3.8, 4) is 0 Å². The lowest BCUT2D eigenvalue weighted by Crippen LogP contribution is -2.14. The van der Waals surface area contributed by atoms with Gasteiger partial charge in [0.05, 0.1) is 0 Å². The molecular formula is C10H14ClNS. The average Bonchev–Trinajstić information content (AvgIpc) is 2.17. The van der Waals surface area contributed by atoms with Gasteiger partial charge in [-0.25, -0.2) is 0 Å². The first-order valence-corrected chi connectivity index (χ1v) is 5.75. The highest BCUT2D eigenvalue weighted by Crippen LogP contribution is 2.24. The summed E-state index contributed by atoms with van der Waals surface area (Å²) < 4.78 is 0. The molecule has 0 saturated heterocycles. The molecule has 13 heavy (non-hydrogen) atoms. The molecule has 1 atom stereocenters. The third-order valence-corrected chi connectivity index (χ3v) is 3.23. The van der Waals surface area contributed by atoms with Gasteiger partial charge >= 0.3 is 0 Å². The van der Waals surface area contributed by atoms with Gasteiger partial charge in [-0.05, 0) is 38.0 Å². The van der Waals surface area contributed by atoms with Crippen LogP contribution in [0.15, 0.2) is 29.2 Å². The molecule has 3 heteroatoms. The quantitative estimate of drug-likeness (QED) is 0.433. The first kappa shape index (κ1) is 10.9. The fourth-order valence-electron chi connectivity index (χ4n) is 1.06. The van der Waals surface area contributed by atoms with Crippen molar-refractivity contribution in [2.24, 2.45) is 0 Å². The molecule has 0 heterocycles. The molecule has 1 aromatic carbocycles. The summed E-state index contributed by atoms with van der Waals surface area (Å²) in [5, 5.41) is 0. The van der Waals surface area contributed by atoms with Gasteiger partial charge < -0.3 is 0 Å². The first-order chi connectivity index (χ1) is 6.15. The largest absolute Gasteiger partial charge is 0.290 e. The molecule has 0 aliphatic rings. The Morgan fingerprint density at radius 2 is 1.77 bits per heavy atom. The maximum Gasteiger partial charge on any atom is 0.110 e. The smallest absolute Gasteiger partial charge is 0.110 e. The van der Waals surface area contributed by atoms with Crippen LogP contribution in [-0.2, 0) is 0 Å². The molecule has 72 valence electrons. The van der Waals surface area contributed by atoms with Crippen LogP contribution in [0, 0.1) is 0 Å². The maximum absolute atomic E-state index is 6.16. The summed E-state index contributed by atoms with van der Waals surface area (Å²) in [5.41, 5.74) is 1.11. The van der Waals surface area contributed by atoms with E-state index in [1.807, 2.05) is 19.0 Å². The maximum atomic E-state index is 6.16. The molecule has 1 rings (SSSR count). The molecule has 1 aromatic rings. The molecule has 0 radical (unpaired) electrons. The van der Waals surface area contributed by atoms with Gasteiger partial charge in [0.2, 0.25) is 0 Å². The third-order valence-electron chi connectivity index (χ3n) is 1.84. The molecule has 0 aliphatic carbocycles. The normalized spacial score (nSPS) is 13.3. The fraction of sp³-hybridized carbons (Fsp3) is 0.400. The number of nitrogens with zero attached hydrogens (tertiary/aromatic N) is 1. The zero-order chi connectivity index (χ0) is 9.84. The van der Waals surface area contributed by atoms with Crippen LogP contribution in [0.25, 0.3) is 0 Å². The van der Waals surface area contributed by atoms with E-state index < -0.39 is 0 Å². The lowest BCUT2D eigenvalue weighted by Gasteiger charge is -2.17. The highest BCUT2D eigenvalue weighted by Gasteiger charge is 2.08. The van der Waals surface area contributed by atoms with Crippen molar-refractivity contribution in [1.82, 2.24) is 4.90 Å². The van der Waals surface area contributed by atoms with Crippen LogP contribution in [-0.4, -0.2) is 25.3 Å². The number of hydrogen-bond acceptors (Lipinski definition) is 2. The van der Waals surface area contributed by atoms with Crippen molar-refractivity contribution in [1.29, 1.82) is 0 Å². The highest BCUT2D eigenvalue weighted by atomic mass is 35.5. The average molecular weight is 216 g/mol. The Balaban J connectivity index is 2.79. The summed E-state index contributed by atoms with van der Waals surface area (Å²) in [6.07, 6.45) is 2.07. The zero-order valence-corrected chi connectivity index (χ0v) is 9.69. The van der Waals surface area contributed by atoms with Crippen molar-refractivity contribution in [3.05, 3.63) is 29.8 Å². The van der Waals surface area contributed by atoms with Crippen LogP contribution in [0.3, 0.4) is 0 Å². The fourth-order valence-corrected chi connectivity index (χ4v) is 1.61. The molecule has 0 fully saturated rings. The Morgan fingerprint density at radius 3 is 2.15 bits per heavy atom. The van der Waals surface area contributed by atoms with Crippen LogP contribution in [0.4, 0.5) is 0 Å². The number of thioether (sulfide) groups is 1. The minimum absolute atomic E-state index is 0.0316. The van der Waals surface area contributed by atoms with Gasteiger partial charge in [-0.15, -0.1) is 23.4 Å². The minimum atomic E-state index is -0.0316. The molecule has 0 spiro atoms. The van der Waals surface area contributed by atoms with Crippen molar-refractivity contribution in [2.75, 3.05) is 20.4 Å². The second kappa shape index (κ2) is 4.89. The van der Waals surface area contributed by atoms with Crippen LogP contribution in [0.1, 0.15) is 11.1 Å². The van der Waals surface area contributed by atoms with E-state index in [4.69, 9.17) is 11.6 Å². The monoisotopic (exact) mass is 215 g/mol. The Labute approximate surface area is 89.1 Å². The van der Waals surface area contributed by atoms with Gasteiger partial charge in [-0.2, -0.15) is 0 Å². The Kier molecular flexibility index (Phi) is 4.10. The van der Waals surface area contributed by atoms with Crippen LogP contribution in [0.5, 0.6) is 0 Å². The Hall–Kier alpha value is -0.180. The van der Waals surface area contributed by atoms with E-state index in [0.717, 1.165) is 5.56 Å². The van der Waals surface area contributed by atoms with E-state index >= 15 is 0 Å². The molecule has 0 amide bonds. The second-order valence-electron chi connectivity index (χ2n) is 3.07. The lowest BCUT2D eigenvalue weighted by atomic mass is 10.2. The van der Waals surface area contributed by atoms with Gasteiger partial charge in [-0.1, -0.05) is 12.1 Å². The zero-order valence-electron chi connectivity index (χ0n) is 8.12. The lowest BCUT2D eigenvalue weighted by molar-refractivity contribution is 0.384. The number of halogens is 1. The molecule has 1 nitrogen and oxygen atoms in total. The Bertz CT molecular complexity index is 258. The number of benzene rings is 1. The first-order valence-electron chi connectivity index (χ1n) is 4.09. The van der Waals surface area contributed by atoms with E-state index in [2.05, 4.69) is 30.5 Å². The number of rotatable bonds is 3. The van der Waals surface area contributed by atoms with Crippen molar-refractivity contribution in [3.63, 3.8) is 0 Å². The van der Waals surface area contributed by atoms with Crippen molar-refractivity contribution >= 4 is 23.4 Å². The van der Waals surface area contributed by atoms with Crippen LogP contribution < -0.4 is 0 Å². The third kappa shape index (κ3) is 2.90. The van der Waals surface area contributed by atoms with E-state index in [1.54, 1.807) is 11.8 Å². The van der Waals surface area contributed by atoms with Gasteiger partial charge in [0.15, 0.2) is 0 Å². The van der Waals surface area contributed by atoms with E-state index in [9.17, 15) is 0 Å². The predicted octanol–water partition coefficient (Wildman–Crippen LogP) is 3.21. The van der Waals surface area contributed by atoms with Crippen molar-refractivity contribution in [2.45, 2.75) is 10.4 Å². The summed E-state index contributed by atoms with van der Waals surface area (Å²) in [6.45, 7) is 0. The molecule has 0 bridgehead atoms. The molecule has 0 aliphatic heterocycles. The van der Waals surface area contributed by atoms with Crippen LogP contribution >= 0.6 is 23.4 Å². The molecule has 0 aromatic heterocycles. The Morgan fingerprint density at radius 1 is 1.23 bits per heavy atom. The van der Waals surface area contributed by atoms with Crippen molar-refractivity contribution < 1.29 is 0 Å². The van der Waals surface area contributed by atoms with Gasteiger partial charge in [0.1, 0.15) is 5.50 Å². The van der Waals surface area contributed by atoms with Gasteiger partial charge in [-0.3, -0.25) is 4.90 Å². The summed E-state index contributed by atoms with van der Waals surface area (Å²) in [6, 6.07) is 8.34. The molecule has 0 saturated carbocycles. The summed E-state index contributed by atoms with van der Waals surface area (Å²) in [7, 11) is 3.94. The molecule has 1 unspecified atom stereocenters. The van der Waals surface area contributed by atoms with Crippen LogP contribution in [0.2, 0.25) is 0 Å². The summed E-state index contributed by atoms with van der Waals surface area (Å²) in [4.78, 5) is 3.25. The predicted molar refractivity (Wildman–Crippen MR) is 60.5 cm³/mol. The summed E-state index contributed by atoms with van der Waals surface area (Å²) in [5.74, 6) is 0. The number of hydrogen-bond donors (Lipinski definition) is 0. The number of alkyl halides is 1. The standard InChI is InChI=1S/C10H14ClNS/c1-12(2)10(11)8-4-6-9(13-3)7-5-8/h4-7,10H,1-3H3. The molecule has 0 N–H and O–H groups in total. The SMILES string of the molecule is CSc1ccc(C(Cl)N(C)C)cc1. The van der Waals surface area contributed by atoms with Gasteiger partial charge in [0, 0.05) is 4.90 Å². The topological polar surface area (TPSA) is 3.24 Å². The van der Waals surface area contributed by atoms with E-state index in [-0.39, 0.29) is 5.50 Å². The minimum Gasteiger partial charge on any atom is -0.290 e. The van der Waals surface area contributed by atoms with E-state index in [1.165, 1.54) is 4.90 Å². The van der Waals surface area contributed by atoms with E-state index in [0.29, 0.717) is 0 Å². The second-order valence-corrected chi connectivity index (χ2v) is 4.37. The molecular weight excluding hydrogens is 202 g/mol. The summed E-state index contributed by atoms with van der Waals surface area (Å²) >= 11 is 7.90. The van der Waals surface area contributed by atoms with Gasteiger partial charge in [0.25, 0.3) is 0 Å².